The number of benzene rings is 1. The van der Waals surface area contributed by atoms with Crippen molar-refractivity contribution in [3.63, 3.8) is 0 Å². The standard InChI is InChI=1S/C21H23N5O2S/c1-16(2)25(12-7-11-22)19(27)15-29-21-24-23-20(18-10-6-13-28-18)26(21)14-17-8-4-3-5-9-17/h3-6,8-10,13,16H,7,12,14-15H2,1-2H3. The quantitative estimate of drug-likeness (QED) is 0.499. The van der Waals surface area contributed by atoms with Crippen LogP contribution in [-0.4, -0.2) is 43.9 Å². The molecule has 0 saturated heterocycles. The van der Waals surface area contributed by atoms with Gasteiger partial charge in [-0.3, -0.25) is 9.36 Å². The topological polar surface area (TPSA) is 87.9 Å². The van der Waals surface area contributed by atoms with Crippen LogP contribution in [0.25, 0.3) is 11.6 Å². The number of nitrogens with zero attached hydrogens (tertiary/aromatic N) is 5. The van der Waals surface area contributed by atoms with Gasteiger partial charge in [0.1, 0.15) is 0 Å². The lowest BCUT2D eigenvalue weighted by molar-refractivity contribution is -0.129. The molecule has 0 bridgehead atoms. The molecule has 0 spiro atoms. The minimum Gasteiger partial charge on any atom is -0.461 e. The normalized spacial score (nSPS) is 10.8. The number of amides is 1. The maximum Gasteiger partial charge on any atom is 0.233 e. The van der Waals surface area contributed by atoms with Gasteiger partial charge in [0.15, 0.2) is 10.9 Å². The van der Waals surface area contributed by atoms with Crippen LogP contribution < -0.4 is 0 Å². The number of rotatable bonds is 9. The number of carbonyl (C=O) groups is 1. The first-order valence-electron chi connectivity index (χ1n) is 9.40. The number of nitriles is 1. The zero-order chi connectivity index (χ0) is 20.6. The highest BCUT2D eigenvalue weighted by Gasteiger charge is 2.21. The van der Waals surface area contributed by atoms with Crippen molar-refractivity contribution in [1.29, 1.82) is 5.26 Å². The van der Waals surface area contributed by atoms with E-state index in [4.69, 9.17) is 9.68 Å². The summed E-state index contributed by atoms with van der Waals surface area (Å²) in [6.07, 6.45) is 1.92. The van der Waals surface area contributed by atoms with Crippen LogP contribution >= 0.6 is 11.8 Å². The number of furan rings is 1. The molecule has 0 atom stereocenters. The first kappa shape index (κ1) is 20.7. The van der Waals surface area contributed by atoms with E-state index in [9.17, 15) is 4.79 Å². The molecule has 0 N–H and O–H groups in total. The van der Waals surface area contributed by atoms with Gasteiger partial charge in [-0.05, 0) is 31.5 Å². The van der Waals surface area contributed by atoms with Crippen molar-refractivity contribution >= 4 is 17.7 Å². The number of carbonyl (C=O) groups excluding carboxylic acids is 1. The Labute approximate surface area is 174 Å². The Morgan fingerprint density at radius 2 is 2.03 bits per heavy atom. The highest BCUT2D eigenvalue weighted by Crippen LogP contribution is 2.26. The van der Waals surface area contributed by atoms with Crippen molar-refractivity contribution in [3.05, 3.63) is 54.3 Å². The van der Waals surface area contributed by atoms with Crippen LogP contribution in [0.3, 0.4) is 0 Å². The van der Waals surface area contributed by atoms with E-state index in [1.54, 1.807) is 11.2 Å². The van der Waals surface area contributed by atoms with Crippen molar-refractivity contribution in [2.24, 2.45) is 0 Å². The van der Waals surface area contributed by atoms with Crippen LogP contribution in [0.4, 0.5) is 0 Å². The molecule has 1 aromatic carbocycles. The molecule has 0 aliphatic carbocycles. The lowest BCUT2D eigenvalue weighted by atomic mass is 10.2. The molecule has 150 valence electrons. The van der Waals surface area contributed by atoms with Crippen molar-refractivity contribution in [2.75, 3.05) is 12.3 Å². The predicted molar refractivity (Wildman–Crippen MR) is 111 cm³/mol. The van der Waals surface area contributed by atoms with E-state index >= 15 is 0 Å². The average Bonchev–Trinajstić information content (AvgIpc) is 3.37. The van der Waals surface area contributed by atoms with Crippen LogP contribution in [0.5, 0.6) is 0 Å². The van der Waals surface area contributed by atoms with Crippen molar-refractivity contribution in [1.82, 2.24) is 19.7 Å². The first-order valence-corrected chi connectivity index (χ1v) is 10.4. The molecule has 2 aromatic heterocycles. The summed E-state index contributed by atoms with van der Waals surface area (Å²) in [6.45, 7) is 4.91. The Balaban J connectivity index is 1.80. The molecule has 0 fully saturated rings. The van der Waals surface area contributed by atoms with Gasteiger partial charge in [0, 0.05) is 12.6 Å². The summed E-state index contributed by atoms with van der Waals surface area (Å²) in [4.78, 5) is 14.4. The van der Waals surface area contributed by atoms with Gasteiger partial charge in [-0.25, -0.2) is 0 Å². The molecule has 7 nitrogen and oxygen atoms in total. The fourth-order valence-corrected chi connectivity index (χ4v) is 3.77. The van der Waals surface area contributed by atoms with E-state index in [1.165, 1.54) is 11.8 Å². The second-order valence-electron chi connectivity index (χ2n) is 6.73. The molecule has 3 aromatic rings. The Kier molecular flexibility index (Phi) is 7.09. The Morgan fingerprint density at radius 1 is 1.24 bits per heavy atom. The molecule has 1 amide bonds. The van der Waals surface area contributed by atoms with Crippen molar-refractivity contribution < 1.29 is 9.21 Å². The van der Waals surface area contributed by atoms with E-state index in [-0.39, 0.29) is 17.7 Å². The second kappa shape index (κ2) is 9.94. The zero-order valence-corrected chi connectivity index (χ0v) is 17.3. The summed E-state index contributed by atoms with van der Waals surface area (Å²) >= 11 is 1.35. The Hall–Kier alpha value is -3.05. The van der Waals surface area contributed by atoms with Gasteiger partial charge < -0.3 is 9.32 Å². The molecule has 0 aliphatic heterocycles. The predicted octanol–water partition coefficient (Wildman–Crippen LogP) is 3.83. The minimum atomic E-state index is -0.0194. The molecule has 2 heterocycles. The second-order valence-corrected chi connectivity index (χ2v) is 7.68. The highest BCUT2D eigenvalue weighted by atomic mass is 32.2. The van der Waals surface area contributed by atoms with Gasteiger partial charge in [-0.1, -0.05) is 42.1 Å². The number of hydrogen-bond donors (Lipinski definition) is 0. The molecule has 0 radical (unpaired) electrons. The van der Waals surface area contributed by atoms with E-state index in [0.717, 1.165) is 5.56 Å². The third-order valence-corrected chi connectivity index (χ3v) is 5.33. The van der Waals surface area contributed by atoms with Crippen LogP contribution in [0.1, 0.15) is 25.8 Å². The zero-order valence-electron chi connectivity index (χ0n) is 16.5. The monoisotopic (exact) mass is 409 g/mol. The third-order valence-electron chi connectivity index (χ3n) is 4.37. The van der Waals surface area contributed by atoms with Gasteiger partial charge in [0.2, 0.25) is 11.7 Å². The molecule has 0 saturated carbocycles. The Morgan fingerprint density at radius 3 is 2.69 bits per heavy atom. The van der Waals surface area contributed by atoms with Gasteiger partial charge in [0.05, 0.1) is 31.1 Å². The van der Waals surface area contributed by atoms with Crippen molar-refractivity contribution in [3.8, 4) is 17.7 Å². The van der Waals surface area contributed by atoms with E-state index < -0.39 is 0 Å². The van der Waals surface area contributed by atoms with Gasteiger partial charge >= 0.3 is 0 Å². The van der Waals surface area contributed by atoms with Gasteiger partial charge in [-0.15, -0.1) is 10.2 Å². The molecule has 0 aliphatic rings. The average molecular weight is 410 g/mol. The lowest BCUT2D eigenvalue weighted by Crippen LogP contribution is -2.38. The lowest BCUT2D eigenvalue weighted by Gasteiger charge is -2.25. The number of hydrogen-bond acceptors (Lipinski definition) is 6. The molecular weight excluding hydrogens is 386 g/mol. The van der Waals surface area contributed by atoms with Crippen LogP contribution in [0.2, 0.25) is 0 Å². The summed E-state index contributed by atoms with van der Waals surface area (Å²) in [6, 6.07) is 15.8. The molecule has 29 heavy (non-hydrogen) atoms. The van der Waals surface area contributed by atoms with E-state index in [1.807, 2.05) is 60.9 Å². The summed E-state index contributed by atoms with van der Waals surface area (Å²) in [7, 11) is 0. The molecule has 3 rings (SSSR count). The summed E-state index contributed by atoms with van der Waals surface area (Å²) in [5, 5.41) is 18.1. The fourth-order valence-electron chi connectivity index (χ4n) is 2.94. The maximum atomic E-state index is 12.7. The van der Waals surface area contributed by atoms with Gasteiger partial charge in [0.25, 0.3) is 0 Å². The number of thioether (sulfide) groups is 1. The SMILES string of the molecule is CC(C)N(CCC#N)C(=O)CSc1nnc(-c2ccco2)n1Cc1ccccc1. The minimum absolute atomic E-state index is 0.0194. The van der Waals surface area contributed by atoms with Crippen LogP contribution in [0, 0.1) is 11.3 Å². The summed E-state index contributed by atoms with van der Waals surface area (Å²) in [5.41, 5.74) is 1.10. The molecule has 8 heteroatoms. The van der Waals surface area contributed by atoms with E-state index in [2.05, 4.69) is 16.3 Å². The maximum absolute atomic E-state index is 12.7. The molecule has 0 unspecified atom stereocenters. The smallest absolute Gasteiger partial charge is 0.233 e. The van der Waals surface area contributed by atoms with E-state index in [0.29, 0.717) is 36.3 Å². The van der Waals surface area contributed by atoms with Crippen LogP contribution in [-0.2, 0) is 11.3 Å². The van der Waals surface area contributed by atoms with Crippen molar-refractivity contribution in [2.45, 2.75) is 38.0 Å². The number of aromatic nitrogens is 3. The summed E-state index contributed by atoms with van der Waals surface area (Å²) < 4.78 is 7.47. The molecular formula is C21H23N5O2S. The fraction of sp³-hybridized carbons (Fsp3) is 0.333. The van der Waals surface area contributed by atoms with Gasteiger partial charge in [-0.2, -0.15) is 5.26 Å². The third kappa shape index (κ3) is 5.27. The Bertz CT molecular complexity index is 961. The largest absolute Gasteiger partial charge is 0.461 e. The summed E-state index contributed by atoms with van der Waals surface area (Å²) in [5.74, 6) is 1.46. The van der Waals surface area contributed by atoms with Crippen LogP contribution in [0.15, 0.2) is 58.3 Å². The highest BCUT2D eigenvalue weighted by molar-refractivity contribution is 7.99. The first-order chi connectivity index (χ1) is 14.1.